The Bertz CT molecular complexity index is 739. The van der Waals surface area contributed by atoms with Gasteiger partial charge in [-0.25, -0.2) is 4.79 Å². The molecule has 2 aromatic carbocycles. The lowest BCUT2D eigenvalue weighted by Crippen LogP contribution is -2.31. The van der Waals surface area contributed by atoms with E-state index < -0.39 is 22.8 Å². The first kappa shape index (κ1) is 17.1. The fraction of sp³-hybridized carbons (Fsp3) is 0.188. The van der Waals surface area contributed by atoms with Crippen LogP contribution in [0.15, 0.2) is 36.4 Å². The van der Waals surface area contributed by atoms with Gasteiger partial charge in [0.2, 0.25) is 0 Å². The first-order chi connectivity index (χ1) is 10.6. The number of urea groups is 1. The summed E-state index contributed by atoms with van der Waals surface area (Å²) in [6, 6.07) is 7.55. The highest BCUT2D eigenvalue weighted by atomic mass is 35.5. The van der Waals surface area contributed by atoms with E-state index in [1.54, 1.807) is 12.1 Å². The number of hydrogen-bond donors (Lipinski definition) is 1. The summed E-state index contributed by atoms with van der Waals surface area (Å²) in [5.41, 5.74) is 6.46. The van der Waals surface area contributed by atoms with Crippen molar-refractivity contribution in [3.63, 3.8) is 0 Å². The first-order valence-corrected chi connectivity index (χ1v) is 7.02. The Hall–Kier alpha value is -2.21. The number of anilines is 2. The summed E-state index contributed by atoms with van der Waals surface area (Å²) in [5.74, 6) is 0. The number of amides is 2. The zero-order chi connectivity index (χ0) is 17.4. The van der Waals surface area contributed by atoms with Crippen LogP contribution in [0.25, 0.3) is 0 Å². The van der Waals surface area contributed by atoms with E-state index in [0.29, 0.717) is 5.69 Å². The van der Waals surface area contributed by atoms with Crippen LogP contribution in [0.4, 0.5) is 29.3 Å². The van der Waals surface area contributed by atoms with Crippen molar-refractivity contribution in [2.75, 3.05) is 4.90 Å². The summed E-state index contributed by atoms with van der Waals surface area (Å²) >= 11 is 5.61. The molecule has 0 fully saturated rings. The quantitative estimate of drug-likeness (QED) is 0.801. The van der Waals surface area contributed by atoms with Crippen LogP contribution < -0.4 is 10.6 Å². The van der Waals surface area contributed by atoms with Gasteiger partial charge in [0.15, 0.2) is 0 Å². The molecule has 0 spiro atoms. The molecule has 0 radical (unpaired) electrons. The Morgan fingerprint density at radius 3 is 2.09 bits per heavy atom. The number of alkyl halides is 3. The third kappa shape index (κ3) is 3.76. The minimum atomic E-state index is -4.63. The number of nitrogens with zero attached hydrogens (tertiary/aromatic N) is 1. The maximum atomic E-state index is 13.0. The third-order valence-corrected chi connectivity index (χ3v) is 3.53. The van der Waals surface area contributed by atoms with Crippen LogP contribution in [0, 0.1) is 13.8 Å². The summed E-state index contributed by atoms with van der Waals surface area (Å²) in [6.07, 6.45) is -4.63. The minimum Gasteiger partial charge on any atom is -0.351 e. The lowest BCUT2D eigenvalue weighted by atomic mass is 10.1. The predicted octanol–water partition coefficient (Wildman–Crippen LogP) is 5.19. The molecule has 0 saturated heterocycles. The van der Waals surface area contributed by atoms with Gasteiger partial charge in [0, 0.05) is 0 Å². The van der Waals surface area contributed by atoms with Gasteiger partial charge in [-0.1, -0.05) is 17.7 Å². The van der Waals surface area contributed by atoms with E-state index in [2.05, 4.69) is 0 Å². The Kier molecular flexibility index (Phi) is 4.56. The number of carbonyl (C=O) groups excluding carboxylic acids is 1. The van der Waals surface area contributed by atoms with Gasteiger partial charge in [-0.15, -0.1) is 0 Å². The Morgan fingerprint density at radius 2 is 1.61 bits per heavy atom. The van der Waals surface area contributed by atoms with E-state index in [9.17, 15) is 18.0 Å². The number of benzene rings is 2. The summed E-state index contributed by atoms with van der Waals surface area (Å²) in [4.78, 5) is 12.8. The molecule has 2 rings (SSSR count). The number of hydrogen-bond acceptors (Lipinski definition) is 1. The second kappa shape index (κ2) is 6.12. The Morgan fingerprint density at radius 1 is 1.04 bits per heavy atom. The fourth-order valence-corrected chi connectivity index (χ4v) is 2.58. The Balaban J connectivity index is 2.61. The van der Waals surface area contributed by atoms with Gasteiger partial charge in [-0.05, 0) is 55.3 Å². The average Bonchev–Trinajstić information content (AvgIpc) is 2.38. The smallest absolute Gasteiger partial charge is 0.351 e. The summed E-state index contributed by atoms with van der Waals surface area (Å²) in [5, 5.41) is -0.439. The van der Waals surface area contributed by atoms with Crippen molar-refractivity contribution >= 4 is 29.0 Å². The van der Waals surface area contributed by atoms with Crippen molar-refractivity contribution < 1.29 is 18.0 Å². The number of rotatable bonds is 2. The van der Waals surface area contributed by atoms with Crippen molar-refractivity contribution in [1.82, 2.24) is 0 Å². The third-order valence-electron chi connectivity index (χ3n) is 3.20. The number of aryl methyl sites for hydroxylation is 2. The minimum absolute atomic E-state index is 0.000718. The number of nitrogens with two attached hydrogens (primary N) is 1. The van der Waals surface area contributed by atoms with Gasteiger partial charge in [-0.2, -0.15) is 13.2 Å². The fourth-order valence-electron chi connectivity index (χ4n) is 2.35. The zero-order valence-electron chi connectivity index (χ0n) is 12.4. The molecule has 0 aliphatic carbocycles. The van der Waals surface area contributed by atoms with E-state index in [0.717, 1.165) is 28.2 Å². The highest BCUT2D eigenvalue weighted by molar-refractivity contribution is 6.31. The highest BCUT2D eigenvalue weighted by Gasteiger charge is 2.34. The van der Waals surface area contributed by atoms with Gasteiger partial charge < -0.3 is 5.73 Å². The highest BCUT2D eigenvalue weighted by Crippen LogP contribution is 2.38. The second-order valence-electron chi connectivity index (χ2n) is 5.18. The molecular weight excluding hydrogens is 329 g/mol. The van der Waals surface area contributed by atoms with Crippen LogP contribution >= 0.6 is 11.6 Å². The summed E-state index contributed by atoms with van der Waals surface area (Å²) < 4.78 is 39.0. The average molecular weight is 343 g/mol. The number of carbonyl (C=O) groups is 1. The zero-order valence-corrected chi connectivity index (χ0v) is 13.2. The number of halogens is 4. The van der Waals surface area contributed by atoms with Gasteiger partial charge in [-0.3, -0.25) is 4.90 Å². The molecule has 2 amide bonds. The molecule has 0 atom stereocenters. The largest absolute Gasteiger partial charge is 0.417 e. The SMILES string of the molecule is Cc1cc(C)cc(N(C(N)=O)c2ccc(Cl)c(C(F)(F)F)c2)c1. The number of primary amides is 1. The lowest BCUT2D eigenvalue weighted by Gasteiger charge is -2.23. The molecule has 122 valence electrons. The standard InChI is InChI=1S/C16H14ClF3N2O/c1-9-5-10(2)7-12(6-9)22(15(21)23)11-3-4-14(17)13(8-11)16(18,19)20/h3-8H,1-2H3,(H2,21,23). The van der Waals surface area contributed by atoms with Gasteiger partial charge >= 0.3 is 12.2 Å². The van der Waals surface area contributed by atoms with E-state index in [1.807, 2.05) is 19.9 Å². The topological polar surface area (TPSA) is 46.3 Å². The van der Waals surface area contributed by atoms with Crippen molar-refractivity contribution in [3.05, 3.63) is 58.1 Å². The van der Waals surface area contributed by atoms with E-state index in [1.165, 1.54) is 6.07 Å². The van der Waals surface area contributed by atoms with Crippen LogP contribution in [0.3, 0.4) is 0 Å². The van der Waals surface area contributed by atoms with Gasteiger partial charge in [0.25, 0.3) is 0 Å². The molecule has 2 aromatic rings. The normalized spacial score (nSPS) is 11.4. The molecule has 3 nitrogen and oxygen atoms in total. The van der Waals surface area contributed by atoms with Crippen molar-refractivity contribution in [1.29, 1.82) is 0 Å². The summed E-state index contributed by atoms with van der Waals surface area (Å²) in [7, 11) is 0. The van der Waals surface area contributed by atoms with Gasteiger partial charge in [0.05, 0.1) is 22.0 Å². The van der Waals surface area contributed by atoms with Crippen LogP contribution in [0.5, 0.6) is 0 Å². The molecule has 0 heterocycles. The molecule has 0 bridgehead atoms. The molecule has 0 saturated carbocycles. The predicted molar refractivity (Wildman–Crippen MR) is 84.1 cm³/mol. The summed E-state index contributed by atoms with van der Waals surface area (Å²) in [6.45, 7) is 3.64. The van der Waals surface area contributed by atoms with E-state index in [-0.39, 0.29) is 5.69 Å². The maximum Gasteiger partial charge on any atom is 0.417 e. The lowest BCUT2D eigenvalue weighted by molar-refractivity contribution is -0.137. The molecule has 7 heteroatoms. The molecule has 0 aliphatic heterocycles. The maximum absolute atomic E-state index is 13.0. The molecular formula is C16H14ClF3N2O. The monoisotopic (exact) mass is 342 g/mol. The van der Waals surface area contributed by atoms with Crippen LogP contribution in [0.1, 0.15) is 16.7 Å². The molecule has 0 aromatic heterocycles. The molecule has 0 unspecified atom stereocenters. The van der Waals surface area contributed by atoms with E-state index >= 15 is 0 Å². The molecule has 0 aliphatic rings. The van der Waals surface area contributed by atoms with Crippen LogP contribution in [-0.4, -0.2) is 6.03 Å². The molecule has 23 heavy (non-hydrogen) atoms. The Labute approximate surface area is 136 Å². The second-order valence-corrected chi connectivity index (χ2v) is 5.59. The van der Waals surface area contributed by atoms with Gasteiger partial charge in [0.1, 0.15) is 0 Å². The van der Waals surface area contributed by atoms with Crippen molar-refractivity contribution in [3.8, 4) is 0 Å². The van der Waals surface area contributed by atoms with Crippen molar-refractivity contribution in [2.45, 2.75) is 20.0 Å². The molecule has 2 N–H and O–H groups in total. The van der Waals surface area contributed by atoms with E-state index in [4.69, 9.17) is 17.3 Å². The van der Waals surface area contributed by atoms with Crippen LogP contribution in [0.2, 0.25) is 5.02 Å². The first-order valence-electron chi connectivity index (χ1n) is 6.64. The van der Waals surface area contributed by atoms with Crippen LogP contribution in [-0.2, 0) is 6.18 Å². The van der Waals surface area contributed by atoms with Crippen molar-refractivity contribution in [2.24, 2.45) is 5.73 Å².